The van der Waals surface area contributed by atoms with Crippen LogP contribution in [0.5, 0.6) is 0 Å². The Morgan fingerprint density at radius 1 is 1.38 bits per heavy atom. The molecule has 1 unspecified atom stereocenters. The first-order valence-electron chi connectivity index (χ1n) is 5.72. The highest BCUT2D eigenvalue weighted by molar-refractivity contribution is 4.92. The van der Waals surface area contributed by atoms with Crippen LogP contribution in [0.3, 0.4) is 0 Å². The maximum Gasteiger partial charge on any atom is 0.0249 e. The second-order valence-corrected chi connectivity index (χ2v) is 5.00. The molecule has 2 aliphatic rings. The third-order valence-electron chi connectivity index (χ3n) is 3.16. The van der Waals surface area contributed by atoms with Crippen molar-refractivity contribution in [2.75, 3.05) is 26.2 Å². The van der Waals surface area contributed by atoms with E-state index >= 15 is 0 Å². The van der Waals surface area contributed by atoms with E-state index in [0.29, 0.717) is 0 Å². The molecule has 1 N–H and O–H groups in total. The standard InChI is InChI=1S/C11H22N2/c1-9(2)8-13-6-5-12-7-11(13)10-3-4-10/h9-12H,3-8H2,1-2H3. The Labute approximate surface area is 81.7 Å². The Morgan fingerprint density at radius 2 is 2.15 bits per heavy atom. The summed E-state index contributed by atoms with van der Waals surface area (Å²) >= 11 is 0. The van der Waals surface area contributed by atoms with Gasteiger partial charge in [0.15, 0.2) is 0 Å². The van der Waals surface area contributed by atoms with Crippen molar-refractivity contribution in [3.05, 3.63) is 0 Å². The average molecular weight is 182 g/mol. The van der Waals surface area contributed by atoms with Gasteiger partial charge in [0.25, 0.3) is 0 Å². The van der Waals surface area contributed by atoms with E-state index in [1.54, 1.807) is 0 Å². The molecule has 1 aliphatic carbocycles. The lowest BCUT2D eigenvalue weighted by Crippen LogP contribution is -2.53. The van der Waals surface area contributed by atoms with Gasteiger partial charge < -0.3 is 5.32 Å². The Balaban J connectivity index is 1.88. The smallest absolute Gasteiger partial charge is 0.0249 e. The summed E-state index contributed by atoms with van der Waals surface area (Å²) < 4.78 is 0. The highest BCUT2D eigenvalue weighted by Gasteiger charge is 2.36. The minimum absolute atomic E-state index is 0.819. The number of piperazine rings is 1. The average Bonchev–Trinajstić information content (AvgIpc) is 2.87. The molecule has 1 saturated heterocycles. The molecule has 0 radical (unpaired) electrons. The maximum atomic E-state index is 3.52. The van der Waals surface area contributed by atoms with Crippen LogP contribution < -0.4 is 5.32 Å². The SMILES string of the molecule is CC(C)CN1CCNCC1C1CC1. The molecular weight excluding hydrogens is 160 g/mol. The van der Waals surface area contributed by atoms with Gasteiger partial charge in [-0.25, -0.2) is 0 Å². The molecule has 2 rings (SSSR count). The van der Waals surface area contributed by atoms with E-state index < -0.39 is 0 Å². The topological polar surface area (TPSA) is 15.3 Å². The third-order valence-corrected chi connectivity index (χ3v) is 3.16. The Morgan fingerprint density at radius 3 is 2.77 bits per heavy atom. The monoisotopic (exact) mass is 182 g/mol. The molecule has 2 heteroatoms. The minimum Gasteiger partial charge on any atom is -0.314 e. The molecule has 1 heterocycles. The van der Waals surface area contributed by atoms with Crippen LogP contribution in [0.15, 0.2) is 0 Å². The van der Waals surface area contributed by atoms with E-state index in [2.05, 4.69) is 24.1 Å². The molecule has 2 fully saturated rings. The van der Waals surface area contributed by atoms with E-state index in [1.165, 1.54) is 39.0 Å². The molecule has 1 saturated carbocycles. The first kappa shape index (κ1) is 9.47. The molecule has 0 bridgehead atoms. The third kappa shape index (κ3) is 2.44. The van der Waals surface area contributed by atoms with Gasteiger partial charge in [-0.3, -0.25) is 4.90 Å². The summed E-state index contributed by atoms with van der Waals surface area (Å²) in [4.78, 5) is 2.71. The molecule has 0 aromatic carbocycles. The van der Waals surface area contributed by atoms with Crippen molar-refractivity contribution in [3.63, 3.8) is 0 Å². The van der Waals surface area contributed by atoms with Crippen molar-refractivity contribution in [1.29, 1.82) is 0 Å². The van der Waals surface area contributed by atoms with Crippen molar-refractivity contribution in [1.82, 2.24) is 10.2 Å². The van der Waals surface area contributed by atoms with E-state index in [9.17, 15) is 0 Å². The van der Waals surface area contributed by atoms with Gasteiger partial charge in [0.2, 0.25) is 0 Å². The van der Waals surface area contributed by atoms with Crippen molar-refractivity contribution >= 4 is 0 Å². The summed E-state index contributed by atoms with van der Waals surface area (Å²) in [5.74, 6) is 1.84. The van der Waals surface area contributed by atoms with Gasteiger partial charge in [-0.15, -0.1) is 0 Å². The van der Waals surface area contributed by atoms with Gasteiger partial charge >= 0.3 is 0 Å². The van der Waals surface area contributed by atoms with E-state index in [-0.39, 0.29) is 0 Å². The maximum absolute atomic E-state index is 3.52. The van der Waals surface area contributed by atoms with Crippen LogP contribution in [-0.2, 0) is 0 Å². The summed E-state index contributed by atoms with van der Waals surface area (Å²) in [6.45, 7) is 9.63. The van der Waals surface area contributed by atoms with Crippen molar-refractivity contribution in [3.8, 4) is 0 Å². The molecule has 13 heavy (non-hydrogen) atoms. The quantitative estimate of drug-likeness (QED) is 0.708. The lowest BCUT2D eigenvalue weighted by atomic mass is 10.1. The zero-order chi connectivity index (χ0) is 9.26. The first-order valence-corrected chi connectivity index (χ1v) is 5.72. The van der Waals surface area contributed by atoms with Gasteiger partial charge in [-0.2, -0.15) is 0 Å². The molecule has 2 nitrogen and oxygen atoms in total. The normalized spacial score (nSPS) is 31.2. The number of nitrogens with one attached hydrogen (secondary N) is 1. The summed E-state index contributed by atoms with van der Waals surface area (Å²) in [5, 5.41) is 3.52. The van der Waals surface area contributed by atoms with Gasteiger partial charge in [0.05, 0.1) is 0 Å². The van der Waals surface area contributed by atoms with Crippen molar-refractivity contribution in [2.45, 2.75) is 32.7 Å². The zero-order valence-corrected chi connectivity index (χ0v) is 8.92. The molecule has 0 spiro atoms. The predicted molar refractivity (Wildman–Crippen MR) is 55.8 cm³/mol. The van der Waals surface area contributed by atoms with E-state index in [1.807, 2.05) is 0 Å². The molecular formula is C11H22N2. The van der Waals surface area contributed by atoms with Crippen LogP contribution in [0, 0.1) is 11.8 Å². The largest absolute Gasteiger partial charge is 0.314 e. The predicted octanol–water partition coefficient (Wildman–Crippen LogP) is 1.33. The molecule has 1 aliphatic heterocycles. The van der Waals surface area contributed by atoms with E-state index in [0.717, 1.165) is 17.9 Å². The molecule has 0 aromatic rings. The Kier molecular flexibility index (Phi) is 2.89. The molecule has 0 amide bonds. The van der Waals surface area contributed by atoms with Gasteiger partial charge in [-0.05, 0) is 24.7 Å². The highest BCUT2D eigenvalue weighted by atomic mass is 15.2. The first-order chi connectivity index (χ1) is 6.27. The second-order valence-electron chi connectivity index (χ2n) is 5.00. The number of hydrogen-bond acceptors (Lipinski definition) is 2. The fraction of sp³-hybridized carbons (Fsp3) is 1.00. The van der Waals surface area contributed by atoms with Crippen LogP contribution >= 0.6 is 0 Å². The highest BCUT2D eigenvalue weighted by Crippen LogP contribution is 2.35. The van der Waals surface area contributed by atoms with Crippen LogP contribution in [0.4, 0.5) is 0 Å². The van der Waals surface area contributed by atoms with Crippen molar-refractivity contribution < 1.29 is 0 Å². The summed E-state index contributed by atoms with van der Waals surface area (Å²) in [5.41, 5.74) is 0. The number of hydrogen-bond donors (Lipinski definition) is 1. The lowest BCUT2D eigenvalue weighted by Gasteiger charge is -2.37. The summed E-state index contributed by atoms with van der Waals surface area (Å²) in [7, 11) is 0. The molecule has 0 aromatic heterocycles. The van der Waals surface area contributed by atoms with Gasteiger partial charge in [0, 0.05) is 32.2 Å². The number of rotatable bonds is 3. The summed E-state index contributed by atoms with van der Waals surface area (Å²) in [6, 6.07) is 0.858. The molecule has 1 atom stereocenters. The fourth-order valence-corrected chi connectivity index (χ4v) is 2.41. The number of nitrogens with zero attached hydrogens (tertiary/aromatic N) is 1. The molecule has 76 valence electrons. The Bertz CT molecular complexity index is 163. The van der Waals surface area contributed by atoms with Gasteiger partial charge in [-0.1, -0.05) is 13.8 Å². The lowest BCUT2D eigenvalue weighted by molar-refractivity contribution is 0.128. The summed E-state index contributed by atoms with van der Waals surface area (Å²) in [6.07, 6.45) is 2.95. The van der Waals surface area contributed by atoms with Crippen LogP contribution in [-0.4, -0.2) is 37.1 Å². The van der Waals surface area contributed by atoms with Crippen LogP contribution in [0.1, 0.15) is 26.7 Å². The van der Waals surface area contributed by atoms with Crippen LogP contribution in [0.25, 0.3) is 0 Å². The van der Waals surface area contributed by atoms with Gasteiger partial charge in [0.1, 0.15) is 0 Å². The zero-order valence-electron chi connectivity index (χ0n) is 8.92. The van der Waals surface area contributed by atoms with Crippen LogP contribution in [0.2, 0.25) is 0 Å². The van der Waals surface area contributed by atoms with Crippen molar-refractivity contribution in [2.24, 2.45) is 11.8 Å². The minimum atomic E-state index is 0.819. The fourth-order valence-electron chi connectivity index (χ4n) is 2.41. The van der Waals surface area contributed by atoms with E-state index in [4.69, 9.17) is 0 Å². The second kappa shape index (κ2) is 3.97. The Hall–Kier alpha value is -0.0800.